The highest BCUT2D eigenvalue weighted by Crippen LogP contribution is 2.41. The Hall–Kier alpha value is -6.06. The Morgan fingerprint density at radius 3 is 1.21 bits per heavy atom. The zero-order valence-corrected chi connectivity index (χ0v) is 41.7. The lowest BCUT2D eigenvalue weighted by Gasteiger charge is -2.32. The van der Waals surface area contributed by atoms with E-state index in [9.17, 15) is 19.2 Å². The number of carbonyl (C=O) groups excluding carboxylic acids is 4. The average molecular weight is 975 g/mol. The minimum absolute atomic E-state index is 0.0433. The summed E-state index contributed by atoms with van der Waals surface area (Å²) in [5.41, 5.74) is 5.93. The van der Waals surface area contributed by atoms with Gasteiger partial charge >= 0.3 is 0 Å². The first-order valence-electron chi connectivity index (χ1n) is 25.0. The first-order chi connectivity index (χ1) is 34.2. The largest absolute Gasteiger partial charge is 0.340 e. The van der Waals surface area contributed by atoms with E-state index < -0.39 is 12.1 Å². The minimum Gasteiger partial charge on any atom is -0.340 e. The standard InChI is InChI=1S/C56H62N8O4S2/c1-61-31-25-43(26-32-61)51(65)59-49(41-11-5-3-6-12-41)55(67)63-29-9-15-45(63)53-57-35-47(69-53)39-21-17-37(18-22-39)38-19-23-40(24-20-38)48-36-58-54(70-48)46-16-10-30-64(46)56(68)50(42-13-7-4-8-14-42)60-52(66)44-27-33-62(2)34-28-44/h3-8,11-14,17-24,35-36,43-46,49-50H,9-10,15-16,25-34H2,1-2H3,(H,59,65)(H,60,66)/t45-,46-,49+,50+/m0/s1. The molecule has 10 rings (SSSR count). The van der Waals surface area contributed by atoms with Gasteiger partial charge in [0.1, 0.15) is 22.1 Å². The molecule has 6 aromatic rings. The molecule has 0 unspecified atom stereocenters. The number of nitrogens with zero attached hydrogens (tertiary/aromatic N) is 6. The smallest absolute Gasteiger partial charge is 0.250 e. The molecular formula is C56H62N8O4S2. The molecule has 2 aromatic heterocycles. The Labute approximate surface area is 419 Å². The van der Waals surface area contributed by atoms with Crippen LogP contribution >= 0.6 is 22.7 Å². The maximum Gasteiger partial charge on any atom is 0.250 e. The minimum atomic E-state index is -0.746. The van der Waals surface area contributed by atoms with Crippen LogP contribution in [0.5, 0.6) is 0 Å². The van der Waals surface area contributed by atoms with Gasteiger partial charge in [-0.05, 0) is 125 Å². The molecule has 0 bridgehead atoms. The van der Waals surface area contributed by atoms with E-state index in [0.29, 0.717) is 13.1 Å². The molecule has 4 amide bonds. The van der Waals surface area contributed by atoms with Crippen LogP contribution in [0, 0.1) is 11.8 Å². The molecule has 0 saturated carbocycles. The summed E-state index contributed by atoms with van der Waals surface area (Å²) < 4.78 is 0. The number of rotatable bonds is 13. The Morgan fingerprint density at radius 1 is 0.486 bits per heavy atom. The van der Waals surface area contributed by atoms with Crippen LogP contribution in [-0.4, -0.2) is 107 Å². The second kappa shape index (κ2) is 21.5. The highest BCUT2D eigenvalue weighted by molar-refractivity contribution is 7.15. The van der Waals surface area contributed by atoms with Crippen LogP contribution < -0.4 is 10.6 Å². The topological polar surface area (TPSA) is 131 Å². The van der Waals surface area contributed by atoms with Crippen LogP contribution in [0.15, 0.2) is 122 Å². The highest BCUT2D eigenvalue weighted by atomic mass is 32.1. The molecule has 4 fully saturated rings. The molecule has 12 nitrogen and oxygen atoms in total. The summed E-state index contributed by atoms with van der Waals surface area (Å²) in [5, 5.41) is 8.17. The van der Waals surface area contributed by atoms with Crippen LogP contribution in [0.4, 0.5) is 0 Å². The molecule has 70 heavy (non-hydrogen) atoms. The van der Waals surface area contributed by atoms with Crippen molar-refractivity contribution in [2.45, 2.75) is 75.5 Å². The van der Waals surface area contributed by atoms with E-state index in [0.717, 1.165) is 131 Å². The van der Waals surface area contributed by atoms with Crippen LogP contribution in [0.25, 0.3) is 32.0 Å². The molecule has 0 aliphatic carbocycles. The van der Waals surface area contributed by atoms with Crippen molar-refractivity contribution in [3.05, 3.63) is 143 Å². The predicted molar refractivity (Wildman–Crippen MR) is 277 cm³/mol. The van der Waals surface area contributed by atoms with Crippen molar-refractivity contribution in [1.82, 2.24) is 40.2 Å². The molecule has 4 aliphatic heterocycles. The highest BCUT2D eigenvalue weighted by Gasteiger charge is 2.40. The quantitative estimate of drug-likeness (QED) is 0.117. The monoisotopic (exact) mass is 974 g/mol. The molecule has 2 N–H and O–H groups in total. The first-order valence-corrected chi connectivity index (χ1v) is 26.6. The fraction of sp³-hybridized carbons (Fsp3) is 0.393. The normalized spacial score (nSPS) is 20.3. The number of likely N-dealkylation sites (tertiary alicyclic amines) is 4. The van der Waals surface area contributed by atoms with Gasteiger partial charge in [0.2, 0.25) is 23.6 Å². The summed E-state index contributed by atoms with van der Waals surface area (Å²) in [6.07, 6.45) is 10.4. The van der Waals surface area contributed by atoms with Crippen LogP contribution in [0.1, 0.15) is 96.7 Å². The number of benzene rings is 4. The molecule has 6 heterocycles. The Kier molecular flexibility index (Phi) is 14.6. The van der Waals surface area contributed by atoms with Crippen molar-refractivity contribution < 1.29 is 19.2 Å². The van der Waals surface area contributed by atoms with Crippen molar-refractivity contribution in [3.8, 4) is 32.0 Å². The van der Waals surface area contributed by atoms with Crippen molar-refractivity contribution in [1.29, 1.82) is 0 Å². The predicted octanol–water partition coefficient (Wildman–Crippen LogP) is 9.33. The molecule has 362 valence electrons. The lowest BCUT2D eigenvalue weighted by Crippen LogP contribution is -2.46. The fourth-order valence-electron chi connectivity index (χ4n) is 10.6. The zero-order valence-electron chi connectivity index (χ0n) is 40.0. The third-order valence-corrected chi connectivity index (χ3v) is 17.2. The number of thiazole rings is 2. The molecule has 14 heteroatoms. The number of hydrogen-bond acceptors (Lipinski definition) is 10. The van der Waals surface area contributed by atoms with E-state index in [4.69, 9.17) is 9.97 Å². The van der Waals surface area contributed by atoms with E-state index >= 15 is 0 Å². The van der Waals surface area contributed by atoms with Gasteiger partial charge in [-0.25, -0.2) is 9.97 Å². The number of carbonyl (C=O) groups is 4. The van der Waals surface area contributed by atoms with E-state index in [1.807, 2.05) is 82.9 Å². The molecule has 4 saturated heterocycles. The van der Waals surface area contributed by atoms with Crippen molar-refractivity contribution in [2.75, 3.05) is 53.4 Å². The summed E-state index contributed by atoms with van der Waals surface area (Å²) in [7, 11) is 4.16. The van der Waals surface area contributed by atoms with Crippen molar-refractivity contribution >= 4 is 46.3 Å². The number of aromatic nitrogens is 2. The van der Waals surface area contributed by atoms with Gasteiger partial charge in [-0.2, -0.15) is 0 Å². The van der Waals surface area contributed by atoms with Gasteiger partial charge in [-0.1, -0.05) is 109 Å². The van der Waals surface area contributed by atoms with E-state index in [-0.39, 0.29) is 47.5 Å². The van der Waals surface area contributed by atoms with E-state index in [2.05, 4.69) is 83.1 Å². The summed E-state index contributed by atoms with van der Waals surface area (Å²) in [6.45, 7) is 4.76. The van der Waals surface area contributed by atoms with Gasteiger partial charge in [0.15, 0.2) is 0 Å². The van der Waals surface area contributed by atoms with Gasteiger partial charge < -0.3 is 30.2 Å². The number of hydrogen-bond donors (Lipinski definition) is 2. The fourth-order valence-corrected chi connectivity index (χ4v) is 12.8. The van der Waals surface area contributed by atoms with E-state index in [1.165, 1.54) is 0 Å². The molecule has 4 aliphatic rings. The molecular weight excluding hydrogens is 913 g/mol. The SMILES string of the molecule is CN1CCC(C(=O)N[C@@H](C(=O)N2CCC[C@H]2c2ncc(-c3ccc(-c4ccc(-c5cnc([C@@H]6CCCN6C(=O)[C@H](NC(=O)C6CCN(C)CC6)c6ccccc6)s5)cc4)cc3)s2)c2ccccc2)CC1. The second-order valence-electron chi connectivity index (χ2n) is 19.5. The number of nitrogens with one attached hydrogen (secondary N) is 2. The molecule has 4 aromatic carbocycles. The number of amides is 4. The summed E-state index contributed by atoms with van der Waals surface area (Å²) in [5.74, 6) is -0.439. The van der Waals surface area contributed by atoms with Crippen LogP contribution in [0.2, 0.25) is 0 Å². The van der Waals surface area contributed by atoms with Gasteiger partial charge in [0.05, 0.1) is 21.8 Å². The van der Waals surface area contributed by atoms with Crippen molar-refractivity contribution in [3.63, 3.8) is 0 Å². The second-order valence-corrected chi connectivity index (χ2v) is 21.6. The third-order valence-electron chi connectivity index (χ3n) is 14.9. The summed E-state index contributed by atoms with van der Waals surface area (Å²) >= 11 is 3.26. The lowest BCUT2D eigenvalue weighted by molar-refractivity contribution is -0.139. The first kappa shape index (κ1) is 47.6. The van der Waals surface area contributed by atoms with Gasteiger partial charge in [-0.3, -0.25) is 19.2 Å². The van der Waals surface area contributed by atoms with Gasteiger partial charge in [-0.15, -0.1) is 22.7 Å². The molecule has 0 radical (unpaired) electrons. The Morgan fingerprint density at radius 2 is 0.843 bits per heavy atom. The Bertz CT molecular complexity index is 2560. The maximum absolute atomic E-state index is 14.4. The summed E-state index contributed by atoms with van der Waals surface area (Å²) in [6, 6.07) is 34.6. The number of piperidine rings is 2. The third kappa shape index (κ3) is 10.5. The Balaban J connectivity index is 0.785. The molecule has 4 atom stereocenters. The average Bonchev–Trinajstić information content (AvgIpc) is 4.26. The maximum atomic E-state index is 14.4. The van der Waals surface area contributed by atoms with Gasteiger partial charge in [0, 0.05) is 37.3 Å². The zero-order chi connectivity index (χ0) is 48.1. The molecule has 0 spiro atoms. The lowest BCUT2D eigenvalue weighted by atomic mass is 9.95. The van der Waals surface area contributed by atoms with Gasteiger partial charge in [0.25, 0.3) is 0 Å². The summed E-state index contributed by atoms with van der Waals surface area (Å²) in [4.78, 5) is 76.2. The van der Waals surface area contributed by atoms with Crippen LogP contribution in [-0.2, 0) is 19.2 Å². The van der Waals surface area contributed by atoms with Crippen molar-refractivity contribution in [2.24, 2.45) is 11.8 Å². The van der Waals surface area contributed by atoms with Crippen LogP contribution in [0.3, 0.4) is 0 Å². The van der Waals surface area contributed by atoms with E-state index in [1.54, 1.807) is 22.7 Å².